The normalized spacial score (nSPS) is 9.96. The largest absolute Gasteiger partial charge is 0.493 e. The summed E-state index contributed by atoms with van der Waals surface area (Å²) in [4.78, 5) is 11.2. The van der Waals surface area contributed by atoms with Crippen molar-refractivity contribution in [3.63, 3.8) is 0 Å². The van der Waals surface area contributed by atoms with Gasteiger partial charge < -0.3 is 19.9 Å². The standard InChI is InChI=1S/C17H17NO4S/c1-21-15-9-13(7-8-14(15)22-11-16(19)20)17(23)18-10-12-5-3-2-4-6-12/h2-9H,10-11H2,1H3,(H,18,23)(H,19,20). The number of carboxylic acid groups (broad SMARTS) is 1. The summed E-state index contributed by atoms with van der Waals surface area (Å²) in [6.45, 7) is 0.200. The second-order valence-electron chi connectivity index (χ2n) is 4.72. The van der Waals surface area contributed by atoms with E-state index in [0.29, 0.717) is 23.0 Å². The van der Waals surface area contributed by atoms with Gasteiger partial charge in [0.1, 0.15) is 4.99 Å². The Morgan fingerprint density at radius 2 is 1.91 bits per heavy atom. The topological polar surface area (TPSA) is 67.8 Å². The molecule has 0 saturated heterocycles. The highest BCUT2D eigenvalue weighted by atomic mass is 32.1. The molecule has 0 saturated carbocycles. The minimum absolute atomic E-state index is 0.365. The molecular weight excluding hydrogens is 314 g/mol. The van der Waals surface area contributed by atoms with Gasteiger partial charge in [-0.15, -0.1) is 0 Å². The third kappa shape index (κ3) is 4.96. The second-order valence-corrected chi connectivity index (χ2v) is 5.12. The van der Waals surface area contributed by atoms with Gasteiger partial charge in [-0.1, -0.05) is 42.5 Å². The molecule has 0 heterocycles. The molecule has 0 unspecified atom stereocenters. The first-order valence-corrected chi connectivity index (χ1v) is 7.35. The Hall–Kier alpha value is -2.60. The van der Waals surface area contributed by atoms with Gasteiger partial charge in [0.05, 0.1) is 7.11 Å². The lowest BCUT2D eigenvalue weighted by Gasteiger charge is -2.12. The summed E-state index contributed by atoms with van der Waals surface area (Å²) in [6, 6.07) is 15.1. The van der Waals surface area contributed by atoms with Crippen LogP contribution < -0.4 is 14.8 Å². The van der Waals surface area contributed by atoms with Crippen molar-refractivity contribution >= 4 is 23.2 Å². The van der Waals surface area contributed by atoms with Gasteiger partial charge in [-0.3, -0.25) is 0 Å². The molecule has 0 fully saturated rings. The Morgan fingerprint density at radius 3 is 2.57 bits per heavy atom. The molecule has 0 radical (unpaired) electrons. The van der Waals surface area contributed by atoms with Gasteiger partial charge in [0.15, 0.2) is 18.1 Å². The van der Waals surface area contributed by atoms with E-state index in [-0.39, 0.29) is 0 Å². The Kier molecular flexibility index (Phi) is 5.94. The monoisotopic (exact) mass is 331 g/mol. The number of carbonyl (C=O) groups is 1. The fourth-order valence-corrected chi connectivity index (χ4v) is 2.15. The molecule has 0 aliphatic rings. The van der Waals surface area contributed by atoms with Crippen molar-refractivity contribution in [2.45, 2.75) is 6.54 Å². The molecular formula is C17H17NO4S. The molecule has 2 rings (SSSR count). The number of carboxylic acids is 1. The van der Waals surface area contributed by atoms with Gasteiger partial charge in [0.25, 0.3) is 0 Å². The van der Waals surface area contributed by atoms with E-state index in [9.17, 15) is 4.79 Å². The number of rotatable bonds is 7. The molecule has 23 heavy (non-hydrogen) atoms. The third-order valence-electron chi connectivity index (χ3n) is 3.07. The SMILES string of the molecule is COc1cc(C(=S)NCc2ccccc2)ccc1OCC(=O)O. The Morgan fingerprint density at radius 1 is 1.17 bits per heavy atom. The zero-order valence-electron chi connectivity index (χ0n) is 12.6. The first-order chi connectivity index (χ1) is 11.1. The van der Waals surface area contributed by atoms with Crippen molar-refractivity contribution < 1.29 is 19.4 Å². The number of hydrogen-bond acceptors (Lipinski definition) is 4. The summed E-state index contributed by atoms with van der Waals surface area (Å²) >= 11 is 5.38. The third-order valence-corrected chi connectivity index (χ3v) is 3.45. The summed E-state index contributed by atoms with van der Waals surface area (Å²) in [5.74, 6) is -0.242. The van der Waals surface area contributed by atoms with Crippen LogP contribution in [0.5, 0.6) is 11.5 Å². The fraction of sp³-hybridized carbons (Fsp3) is 0.176. The zero-order valence-corrected chi connectivity index (χ0v) is 13.4. The Balaban J connectivity index is 2.04. The van der Waals surface area contributed by atoms with Gasteiger partial charge >= 0.3 is 5.97 Å². The molecule has 0 amide bonds. The van der Waals surface area contributed by atoms with Crippen LogP contribution in [0.25, 0.3) is 0 Å². The summed E-state index contributed by atoms with van der Waals surface area (Å²) in [5.41, 5.74) is 1.90. The van der Waals surface area contributed by atoms with Crippen molar-refractivity contribution in [1.29, 1.82) is 0 Å². The van der Waals surface area contributed by atoms with Crippen molar-refractivity contribution in [1.82, 2.24) is 5.32 Å². The molecule has 0 spiro atoms. The number of benzene rings is 2. The predicted octanol–water partition coefficient (Wildman–Crippen LogP) is 2.62. The van der Waals surface area contributed by atoms with E-state index in [1.807, 2.05) is 30.3 Å². The lowest BCUT2D eigenvalue weighted by atomic mass is 10.2. The van der Waals surface area contributed by atoms with Crippen LogP contribution in [0.3, 0.4) is 0 Å². The van der Waals surface area contributed by atoms with Crippen LogP contribution in [0.2, 0.25) is 0 Å². The van der Waals surface area contributed by atoms with E-state index in [1.165, 1.54) is 7.11 Å². The Labute approximate surface area is 139 Å². The van der Waals surface area contributed by atoms with Gasteiger partial charge in [0, 0.05) is 12.1 Å². The highest BCUT2D eigenvalue weighted by Gasteiger charge is 2.10. The van der Waals surface area contributed by atoms with E-state index in [1.54, 1.807) is 18.2 Å². The van der Waals surface area contributed by atoms with Crippen LogP contribution in [-0.4, -0.2) is 29.8 Å². The fourth-order valence-electron chi connectivity index (χ4n) is 1.95. The average molecular weight is 331 g/mol. The summed E-state index contributed by atoms with van der Waals surface area (Å²) < 4.78 is 10.4. The van der Waals surface area contributed by atoms with Crippen LogP contribution in [0.15, 0.2) is 48.5 Å². The van der Waals surface area contributed by atoms with E-state index >= 15 is 0 Å². The van der Waals surface area contributed by atoms with Gasteiger partial charge in [-0.25, -0.2) is 4.79 Å². The molecule has 0 aliphatic carbocycles. The molecule has 0 atom stereocenters. The summed E-state index contributed by atoms with van der Waals surface area (Å²) in [7, 11) is 1.49. The highest BCUT2D eigenvalue weighted by molar-refractivity contribution is 7.80. The number of hydrogen-bond donors (Lipinski definition) is 2. The molecule has 2 N–H and O–H groups in total. The predicted molar refractivity (Wildman–Crippen MR) is 91.1 cm³/mol. The van der Waals surface area contributed by atoms with Crippen molar-refractivity contribution in [3.05, 3.63) is 59.7 Å². The first kappa shape index (κ1) is 16.8. The van der Waals surface area contributed by atoms with Crippen LogP contribution in [0, 0.1) is 0 Å². The quantitative estimate of drug-likeness (QED) is 0.760. The minimum atomic E-state index is -1.05. The lowest BCUT2D eigenvalue weighted by molar-refractivity contribution is -0.139. The van der Waals surface area contributed by atoms with Crippen LogP contribution in [-0.2, 0) is 11.3 Å². The molecule has 5 nitrogen and oxygen atoms in total. The molecule has 2 aromatic carbocycles. The first-order valence-electron chi connectivity index (χ1n) is 6.95. The van der Waals surface area contributed by atoms with Crippen LogP contribution in [0.4, 0.5) is 0 Å². The van der Waals surface area contributed by atoms with Gasteiger partial charge in [-0.05, 0) is 23.8 Å². The smallest absolute Gasteiger partial charge is 0.341 e. The lowest BCUT2D eigenvalue weighted by Crippen LogP contribution is -2.21. The average Bonchev–Trinajstić information content (AvgIpc) is 2.58. The van der Waals surface area contributed by atoms with Crippen LogP contribution >= 0.6 is 12.2 Å². The number of methoxy groups -OCH3 is 1. The van der Waals surface area contributed by atoms with E-state index < -0.39 is 12.6 Å². The maximum absolute atomic E-state index is 10.6. The second kappa shape index (κ2) is 8.14. The van der Waals surface area contributed by atoms with E-state index in [2.05, 4.69) is 5.32 Å². The number of nitrogens with one attached hydrogen (secondary N) is 1. The Bertz CT molecular complexity index is 688. The van der Waals surface area contributed by atoms with Crippen molar-refractivity contribution in [2.75, 3.05) is 13.7 Å². The van der Waals surface area contributed by atoms with Crippen molar-refractivity contribution in [3.8, 4) is 11.5 Å². The highest BCUT2D eigenvalue weighted by Crippen LogP contribution is 2.28. The maximum Gasteiger partial charge on any atom is 0.341 e. The minimum Gasteiger partial charge on any atom is -0.493 e. The van der Waals surface area contributed by atoms with Gasteiger partial charge in [-0.2, -0.15) is 0 Å². The van der Waals surface area contributed by atoms with E-state index in [0.717, 1.165) is 11.1 Å². The molecule has 0 bridgehead atoms. The molecule has 120 valence electrons. The molecule has 0 aliphatic heterocycles. The molecule has 2 aromatic rings. The summed E-state index contributed by atoms with van der Waals surface area (Å²) in [5, 5.41) is 11.8. The van der Waals surface area contributed by atoms with E-state index in [4.69, 9.17) is 26.8 Å². The number of ether oxygens (including phenoxy) is 2. The number of aliphatic carboxylic acids is 1. The zero-order chi connectivity index (χ0) is 16.7. The maximum atomic E-state index is 10.6. The number of thiocarbonyl (C=S) groups is 1. The molecule has 0 aromatic heterocycles. The summed E-state index contributed by atoms with van der Waals surface area (Å²) in [6.07, 6.45) is 0. The molecule has 6 heteroatoms. The van der Waals surface area contributed by atoms with Crippen molar-refractivity contribution in [2.24, 2.45) is 0 Å². The van der Waals surface area contributed by atoms with Crippen LogP contribution in [0.1, 0.15) is 11.1 Å². The van der Waals surface area contributed by atoms with Gasteiger partial charge in [0.2, 0.25) is 0 Å².